The number of anilines is 1. The second-order valence-electron chi connectivity index (χ2n) is 8.43. The zero-order chi connectivity index (χ0) is 21.7. The minimum Gasteiger partial charge on any atom is -0.312 e. The highest BCUT2D eigenvalue weighted by atomic mass is 16.2. The Hall–Kier alpha value is -3.45. The minimum atomic E-state index is -0.441. The van der Waals surface area contributed by atoms with E-state index in [1.807, 2.05) is 29.1 Å². The third-order valence-corrected chi connectivity index (χ3v) is 6.01. The summed E-state index contributed by atoms with van der Waals surface area (Å²) in [7, 11) is 1.92. The van der Waals surface area contributed by atoms with Gasteiger partial charge in [-0.1, -0.05) is 35.4 Å². The number of nitrogens with one attached hydrogen (secondary N) is 1. The van der Waals surface area contributed by atoms with E-state index in [1.165, 1.54) is 23.0 Å². The van der Waals surface area contributed by atoms with E-state index in [-0.39, 0.29) is 5.91 Å². The lowest BCUT2D eigenvalue weighted by Gasteiger charge is -2.18. The molecule has 3 aliphatic rings. The number of hydrogen-bond donors (Lipinski definition) is 2. The van der Waals surface area contributed by atoms with Crippen LogP contribution in [0.15, 0.2) is 52.0 Å². The Balaban J connectivity index is 1.42. The summed E-state index contributed by atoms with van der Waals surface area (Å²) in [4.78, 5) is 23.6. The fraction of sp³-hybridized carbons (Fsp3) is 0.292. The molecule has 7 nitrogen and oxygen atoms in total. The summed E-state index contributed by atoms with van der Waals surface area (Å²) in [5.41, 5.74) is 18.0. The molecule has 0 radical (unpaired) electrons. The molecule has 7 heteroatoms. The number of aryl methyl sites for hydroxylation is 2. The monoisotopic (exact) mass is 414 g/mol. The lowest BCUT2D eigenvalue weighted by atomic mass is 10.0. The quantitative estimate of drug-likeness (QED) is 0.807. The minimum absolute atomic E-state index is 0.135. The number of hydrogen-bond acceptors (Lipinski definition) is 6. The van der Waals surface area contributed by atoms with Gasteiger partial charge in [0.15, 0.2) is 5.84 Å². The van der Waals surface area contributed by atoms with Crippen molar-refractivity contribution in [2.45, 2.75) is 32.9 Å². The number of nitrogens with two attached hydrogens (primary N) is 1. The normalized spacial score (nSPS) is 19.4. The summed E-state index contributed by atoms with van der Waals surface area (Å²) in [5.74, 6) is 0.929. The van der Waals surface area contributed by atoms with Crippen LogP contribution in [-0.2, 0) is 17.6 Å². The molecule has 3 heterocycles. The number of carbonyl (C=O) groups is 1. The number of nitrogens with zero attached hydrogens (tertiary/aromatic N) is 4. The van der Waals surface area contributed by atoms with Crippen molar-refractivity contribution in [2.75, 3.05) is 18.5 Å². The van der Waals surface area contributed by atoms with Crippen molar-refractivity contribution >= 4 is 29.5 Å². The van der Waals surface area contributed by atoms with Gasteiger partial charge in [-0.2, -0.15) is 0 Å². The van der Waals surface area contributed by atoms with Crippen LogP contribution in [0.5, 0.6) is 0 Å². The molecule has 3 N–H and O–H groups in total. The number of hydrazine groups is 1. The largest absolute Gasteiger partial charge is 0.312 e. The van der Waals surface area contributed by atoms with E-state index in [0.717, 1.165) is 40.3 Å². The molecule has 0 fully saturated rings. The number of fused-ring (bicyclic) bond motifs is 2. The highest BCUT2D eigenvalue weighted by Gasteiger charge is 2.33. The molecule has 0 saturated heterocycles. The van der Waals surface area contributed by atoms with Crippen LogP contribution in [-0.4, -0.2) is 42.8 Å². The maximum absolute atomic E-state index is 13.1. The van der Waals surface area contributed by atoms with Crippen molar-refractivity contribution in [1.29, 1.82) is 0 Å². The molecular formula is C24H26N6O. The van der Waals surface area contributed by atoms with E-state index in [9.17, 15) is 4.79 Å². The molecule has 1 unspecified atom stereocenters. The van der Waals surface area contributed by atoms with Crippen molar-refractivity contribution in [3.8, 4) is 0 Å². The van der Waals surface area contributed by atoms with E-state index in [2.05, 4.69) is 53.5 Å². The molecule has 31 heavy (non-hydrogen) atoms. The molecule has 5 rings (SSSR count). The molecule has 2 aromatic rings. The molecule has 2 aromatic carbocycles. The van der Waals surface area contributed by atoms with Crippen LogP contribution in [0.25, 0.3) is 5.70 Å². The van der Waals surface area contributed by atoms with Crippen LogP contribution in [0, 0.1) is 13.8 Å². The van der Waals surface area contributed by atoms with Gasteiger partial charge >= 0.3 is 0 Å². The Morgan fingerprint density at radius 2 is 1.97 bits per heavy atom. The van der Waals surface area contributed by atoms with E-state index >= 15 is 0 Å². The highest BCUT2D eigenvalue weighted by Crippen LogP contribution is 2.34. The third kappa shape index (κ3) is 3.41. The van der Waals surface area contributed by atoms with Crippen molar-refractivity contribution in [3.63, 3.8) is 0 Å². The number of benzene rings is 2. The average molecular weight is 415 g/mol. The molecule has 3 aliphatic heterocycles. The summed E-state index contributed by atoms with van der Waals surface area (Å²) in [5, 5.41) is 1.86. The average Bonchev–Trinajstić information content (AvgIpc) is 3.29. The molecule has 1 atom stereocenters. The number of likely N-dealkylation sites (N-methyl/N-ethyl adjacent to an activating group) is 1. The summed E-state index contributed by atoms with van der Waals surface area (Å²) in [6.45, 7) is 4.84. The fourth-order valence-corrected chi connectivity index (χ4v) is 4.72. The summed E-state index contributed by atoms with van der Waals surface area (Å²) < 4.78 is 0. The standard InChI is InChI=1S/C24H26N6O/c1-14-8-15(2)10-16(9-14)11-20(31)30-7-6-17-12-18(4-5-19(17)30)22-21-23(25)26-13-27-24(21)29(3)28-22/h4-5,8-10,12-13,23,28H,6-7,11,25H2,1-3H3. The van der Waals surface area contributed by atoms with Crippen LogP contribution in [0.1, 0.15) is 27.8 Å². The molecule has 0 saturated carbocycles. The van der Waals surface area contributed by atoms with E-state index in [4.69, 9.17) is 5.73 Å². The van der Waals surface area contributed by atoms with Gasteiger partial charge in [-0.15, -0.1) is 0 Å². The summed E-state index contributed by atoms with van der Waals surface area (Å²) >= 11 is 0. The highest BCUT2D eigenvalue weighted by molar-refractivity contribution is 6.12. The molecule has 1 amide bonds. The molecule has 158 valence electrons. The maximum Gasteiger partial charge on any atom is 0.231 e. The van der Waals surface area contributed by atoms with Gasteiger partial charge < -0.3 is 10.6 Å². The first kappa shape index (κ1) is 19.5. The van der Waals surface area contributed by atoms with Crippen LogP contribution in [0.3, 0.4) is 0 Å². The number of amidine groups is 1. The first-order chi connectivity index (χ1) is 14.9. The molecular weight excluding hydrogens is 388 g/mol. The number of aliphatic imine (C=N–C) groups is 2. The number of amides is 1. The van der Waals surface area contributed by atoms with Crippen LogP contribution < -0.4 is 16.1 Å². The Morgan fingerprint density at radius 3 is 2.74 bits per heavy atom. The lowest BCUT2D eigenvalue weighted by molar-refractivity contribution is -0.117. The van der Waals surface area contributed by atoms with E-state index in [0.29, 0.717) is 13.0 Å². The molecule has 0 bridgehead atoms. The lowest BCUT2D eigenvalue weighted by Crippen LogP contribution is -2.35. The Bertz CT molecular complexity index is 1160. The first-order valence-corrected chi connectivity index (χ1v) is 10.5. The van der Waals surface area contributed by atoms with Crippen molar-refractivity contribution < 1.29 is 4.79 Å². The van der Waals surface area contributed by atoms with E-state index in [1.54, 1.807) is 0 Å². The predicted octanol–water partition coefficient (Wildman–Crippen LogP) is 2.32. The van der Waals surface area contributed by atoms with Gasteiger partial charge in [0.25, 0.3) is 0 Å². The van der Waals surface area contributed by atoms with Crippen molar-refractivity contribution in [3.05, 3.63) is 69.8 Å². The van der Waals surface area contributed by atoms with Crippen molar-refractivity contribution in [1.82, 2.24) is 10.4 Å². The zero-order valence-corrected chi connectivity index (χ0v) is 18.0. The molecule has 0 aromatic heterocycles. The Kier molecular flexibility index (Phi) is 4.63. The molecule has 0 spiro atoms. The second kappa shape index (κ2) is 7.35. The van der Waals surface area contributed by atoms with E-state index < -0.39 is 6.17 Å². The smallest absolute Gasteiger partial charge is 0.231 e. The maximum atomic E-state index is 13.1. The van der Waals surface area contributed by atoms with Gasteiger partial charge in [-0.25, -0.2) is 9.98 Å². The first-order valence-electron chi connectivity index (χ1n) is 10.5. The Morgan fingerprint density at radius 1 is 1.19 bits per heavy atom. The zero-order valence-electron chi connectivity index (χ0n) is 18.0. The van der Waals surface area contributed by atoms with Gasteiger partial charge in [-0.3, -0.25) is 15.2 Å². The second-order valence-corrected chi connectivity index (χ2v) is 8.43. The van der Waals surface area contributed by atoms with Crippen LogP contribution >= 0.6 is 0 Å². The topological polar surface area (TPSA) is 86.3 Å². The summed E-state index contributed by atoms with van der Waals surface area (Å²) in [6.07, 6.45) is 2.32. The third-order valence-electron chi connectivity index (χ3n) is 6.01. The number of carbonyl (C=O) groups excluding carboxylic acids is 1. The van der Waals surface area contributed by atoms with Gasteiger partial charge in [0.1, 0.15) is 12.5 Å². The van der Waals surface area contributed by atoms with Crippen molar-refractivity contribution in [2.24, 2.45) is 15.7 Å². The predicted molar refractivity (Wildman–Crippen MR) is 124 cm³/mol. The van der Waals surface area contributed by atoms with Gasteiger partial charge in [0.2, 0.25) is 5.91 Å². The molecule has 0 aliphatic carbocycles. The Labute approximate surface area is 181 Å². The van der Waals surface area contributed by atoms with Gasteiger partial charge in [-0.05, 0) is 43.5 Å². The van der Waals surface area contributed by atoms with Gasteiger partial charge in [0.05, 0.1) is 17.7 Å². The number of rotatable bonds is 3. The SMILES string of the molecule is Cc1cc(C)cc(CC(=O)N2CCc3cc(C4=C5C(=NC=NC5N)N(C)N4)ccc32)c1. The van der Waals surface area contributed by atoms with Crippen LogP contribution in [0.2, 0.25) is 0 Å². The van der Waals surface area contributed by atoms with Gasteiger partial charge in [0, 0.05) is 24.8 Å². The summed E-state index contributed by atoms with van der Waals surface area (Å²) in [6, 6.07) is 12.5. The fourth-order valence-electron chi connectivity index (χ4n) is 4.72. The van der Waals surface area contributed by atoms with Crippen LogP contribution in [0.4, 0.5) is 5.69 Å².